The van der Waals surface area contributed by atoms with E-state index in [0.717, 1.165) is 17.7 Å². The van der Waals surface area contributed by atoms with E-state index in [2.05, 4.69) is 0 Å². The SMILES string of the molecule is O=C1COCC(=O)N1CC1(O)CCCC1. The smallest absolute Gasteiger partial charge is 0.255 e. The summed E-state index contributed by atoms with van der Waals surface area (Å²) in [6.45, 7) is 0.0255. The Kier molecular flexibility index (Phi) is 2.75. The Balaban J connectivity index is 2.02. The maximum absolute atomic E-state index is 11.4. The van der Waals surface area contributed by atoms with Crippen molar-refractivity contribution in [1.29, 1.82) is 0 Å². The van der Waals surface area contributed by atoms with Crippen LogP contribution in [0, 0.1) is 0 Å². The normalized spacial score (nSPS) is 26.1. The number of rotatable bonds is 2. The molecule has 0 aromatic carbocycles. The molecule has 1 heterocycles. The fraction of sp³-hybridized carbons (Fsp3) is 0.800. The van der Waals surface area contributed by atoms with Gasteiger partial charge in [0, 0.05) is 0 Å². The summed E-state index contributed by atoms with van der Waals surface area (Å²) in [7, 11) is 0. The number of nitrogens with zero attached hydrogens (tertiary/aromatic N) is 1. The number of hydrogen-bond donors (Lipinski definition) is 1. The lowest BCUT2D eigenvalue weighted by Crippen LogP contribution is -2.52. The molecule has 1 saturated heterocycles. The Bertz CT molecular complexity index is 267. The van der Waals surface area contributed by atoms with Crippen molar-refractivity contribution in [2.24, 2.45) is 0 Å². The number of imide groups is 1. The summed E-state index contributed by atoms with van der Waals surface area (Å²) in [6, 6.07) is 0. The quantitative estimate of drug-likeness (QED) is 0.638. The van der Waals surface area contributed by atoms with Crippen molar-refractivity contribution in [2.45, 2.75) is 31.3 Å². The van der Waals surface area contributed by atoms with Crippen LogP contribution < -0.4 is 0 Å². The van der Waals surface area contributed by atoms with Gasteiger partial charge in [-0.3, -0.25) is 14.5 Å². The van der Waals surface area contributed by atoms with Crippen LogP contribution >= 0.6 is 0 Å². The summed E-state index contributed by atoms with van der Waals surface area (Å²) in [6.07, 6.45) is 3.27. The van der Waals surface area contributed by atoms with Crippen molar-refractivity contribution >= 4 is 11.8 Å². The fourth-order valence-corrected chi connectivity index (χ4v) is 2.18. The highest BCUT2D eigenvalue weighted by atomic mass is 16.5. The molecule has 0 aromatic rings. The summed E-state index contributed by atoms with van der Waals surface area (Å²) < 4.78 is 4.80. The van der Waals surface area contributed by atoms with Crippen molar-refractivity contribution in [3.63, 3.8) is 0 Å². The highest BCUT2D eigenvalue weighted by Gasteiger charge is 2.38. The Hall–Kier alpha value is -0.940. The largest absolute Gasteiger partial charge is 0.388 e. The molecule has 5 nitrogen and oxygen atoms in total. The number of ether oxygens (including phenoxy) is 1. The molecule has 2 amide bonds. The van der Waals surface area contributed by atoms with Crippen molar-refractivity contribution in [2.75, 3.05) is 19.8 Å². The fourth-order valence-electron chi connectivity index (χ4n) is 2.18. The summed E-state index contributed by atoms with van der Waals surface area (Å²) in [5.74, 6) is -0.682. The predicted molar refractivity (Wildman–Crippen MR) is 51.0 cm³/mol. The molecular weight excluding hydrogens is 198 g/mol. The summed E-state index contributed by atoms with van der Waals surface area (Å²) in [5.41, 5.74) is -0.858. The lowest BCUT2D eigenvalue weighted by molar-refractivity contribution is -0.162. The van der Waals surface area contributed by atoms with Gasteiger partial charge < -0.3 is 9.84 Å². The van der Waals surface area contributed by atoms with E-state index in [1.807, 2.05) is 0 Å². The molecule has 1 aliphatic carbocycles. The second-order valence-electron chi connectivity index (χ2n) is 4.30. The third-order valence-electron chi connectivity index (χ3n) is 3.04. The molecule has 5 heteroatoms. The van der Waals surface area contributed by atoms with Gasteiger partial charge in [-0.05, 0) is 12.8 Å². The van der Waals surface area contributed by atoms with Gasteiger partial charge in [-0.25, -0.2) is 0 Å². The van der Waals surface area contributed by atoms with Crippen LogP contribution in [-0.2, 0) is 14.3 Å². The van der Waals surface area contributed by atoms with Crippen molar-refractivity contribution < 1.29 is 19.4 Å². The molecule has 15 heavy (non-hydrogen) atoms. The Morgan fingerprint density at radius 3 is 2.27 bits per heavy atom. The maximum atomic E-state index is 11.4. The second kappa shape index (κ2) is 3.90. The van der Waals surface area contributed by atoms with Crippen LogP contribution in [-0.4, -0.2) is 47.2 Å². The molecule has 0 spiro atoms. The molecule has 1 N–H and O–H groups in total. The third kappa shape index (κ3) is 2.18. The van der Waals surface area contributed by atoms with E-state index in [-0.39, 0.29) is 31.6 Å². The van der Waals surface area contributed by atoms with E-state index < -0.39 is 5.60 Å². The van der Waals surface area contributed by atoms with Crippen LogP contribution in [0.4, 0.5) is 0 Å². The number of amides is 2. The molecule has 1 saturated carbocycles. The molecule has 1 aliphatic heterocycles. The van der Waals surface area contributed by atoms with E-state index >= 15 is 0 Å². The van der Waals surface area contributed by atoms with Crippen LogP contribution in [0.15, 0.2) is 0 Å². The molecule has 2 rings (SSSR count). The van der Waals surface area contributed by atoms with Gasteiger partial charge in [-0.1, -0.05) is 12.8 Å². The monoisotopic (exact) mass is 213 g/mol. The van der Waals surface area contributed by atoms with E-state index in [9.17, 15) is 14.7 Å². The van der Waals surface area contributed by atoms with Crippen molar-refractivity contribution in [1.82, 2.24) is 4.90 Å². The topological polar surface area (TPSA) is 66.8 Å². The third-order valence-corrected chi connectivity index (χ3v) is 3.04. The minimum atomic E-state index is -0.858. The lowest BCUT2D eigenvalue weighted by Gasteiger charge is -2.32. The number of β-amino-alcohol motifs (C(OH)–C–C–N with tert-alkyl or cyclic N) is 1. The average Bonchev–Trinajstić information content (AvgIpc) is 2.60. The second-order valence-corrected chi connectivity index (χ2v) is 4.30. The van der Waals surface area contributed by atoms with Crippen molar-refractivity contribution in [3.8, 4) is 0 Å². The van der Waals surface area contributed by atoms with Gasteiger partial charge in [-0.2, -0.15) is 0 Å². The van der Waals surface area contributed by atoms with E-state index in [1.54, 1.807) is 0 Å². The maximum Gasteiger partial charge on any atom is 0.255 e. The highest BCUT2D eigenvalue weighted by Crippen LogP contribution is 2.30. The minimum absolute atomic E-state index is 0.0538. The zero-order valence-corrected chi connectivity index (χ0v) is 8.57. The lowest BCUT2D eigenvalue weighted by atomic mass is 10.0. The Morgan fingerprint density at radius 1 is 1.20 bits per heavy atom. The van der Waals surface area contributed by atoms with Gasteiger partial charge >= 0.3 is 0 Å². The number of carbonyl (C=O) groups excluding carboxylic acids is 2. The zero-order valence-electron chi connectivity index (χ0n) is 8.57. The first-order valence-corrected chi connectivity index (χ1v) is 5.24. The zero-order chi connectivity index (χ0) is 10.9. The molecule has 2 aliphatic rings. The molecule has 2 fully saturated rings. The summed E-state index contributed by atoms with van der Waals surface area (Å²) >= 11 is 0. The molecule has 0 atom stereocenters. The minimum Gasteiger partial charge on any atom is -0.388 e. The van der Waals surface area contributed by atoms with Crippen LogP contribution in [0.2, 0.25) is 0 Å². The van der Waals surface area contributed by atoms with Crippen LogP contribution in [0.1, 0.15) is 25.7 Å². The Labute approximate surface area is 88.0 Å². The summed E-state index contributed by atoms with van der Waals surface area (Å²) in [4.78, 5) is 23.9. The number of carbonyl (C=O) groups is 2. The standard InChI is InChI=1S/C10H15NO4/c12-8-5-15-6-9(13)11(8)7-10(14)3-1-2-4-10/h14H,1-7H2. The van der Waals surface area contributed by atoms with E-state index in [1.165, 1.54) is 0 Å². The first kappa shape index (κ1) is 10.6. The van der Waals surface area contributed by atoms with Crippen LogP contribution in [0.25, 0.3) is 0 Å². The first-order chi connectivity index (χ1) is 7.11. The van der Waals surface area contributed by atoms with Crippen LogP contribution in [0.3, 0.4) is 0 Å². The molecular formula is C10H15NO4. The molecule has 84 valence electrons. The predicted octanol–water partition coefficient (Wildman–Crippen LogP) is -0.323. The summed E-state index contributed by atoms with van der Waals surface area (Å²) in [5, 5.41) is 10.1. The number of morpholine rings is 1. The van der Waals surface area contributed by atoms with Gasteiger partial charge in [0.05, 0.1) is 12.1 Å². The van der Waals surface area contributed by atoms with Gasteiger partial charge in [0.25, 0.3) is 11.8 Å². The van der Waals surface area contributed by atoms with Gasteiger partial charge in [0.1, 0.15) is 13.2 Å². The van der Waals surface area contributed by atoms with Crippen LogP contribution in [0.5, 0.6) is 0 Å². The van der Waals surface area contributed by atoms with Crippen molar-refractivity contribution in [3.05, 3.63) is 0 Å². The van der Waals surface area contributed by atoms with Gasteiger partial charge in [-0.15, -0.1) is 0 Å². The first-order valence-electron chi connectivity index (χ1n) is 5.24. The molecule has 0 bridgehead atoms. The Morgan fingerprint density at radius 2 is 1.73 bits per heavy atom. The molecule has 0 aromatic heterocycles. The van der Waals surface area contributed by atoms with E-state index in [4.69, 9.17) is 4.74 Å². The average molecular weight is 213 g/mol. The highest BCUT2D eigenvalue weighted by molar-refractivity contribution is 5.98. The number of aliphatic hydroxyl groups is 1. The van der Waals surface area contributed by atoms with Gasteiger partial charge in [0.15, 0.2) is 0 Å². The van der Waals surface area contributed by atoms with Gasteiger partial charge in [0.2, 0.25) is 0 Å². The molecule has 0 radical (unpaired) electrons. The van der Waals surface area contributed by atoms with E-state index in [0.29, 0.717) is 12.8 Å². The molecule has 0 unspecified atom stereocenters. The number of hydrogen-bond acceptors (Lipinski definition) is 4.